The number of aryl methyl sites for hydroxylation is 1. The summed E-state index contributed by atoms with van der Waals surface area (Å²) in [5.74, 6) is 0.330. The van der Waals surface area contributed by atoms with Gasteiger partial charge in [0.1, 0.15) is 18.2 Å². The van der Waals surface area contributed by atoms with Crippen LogP contribution in [-0.2, 0) is 22.7 Å². The summed E-state index contributed by atoms with van der Waals surface area (Å²) in [5.41, 5.74) is 10.2. The maximum atomic E-state index is 12.9. The molecule has 0 radical (unpaired) electrons. The molecule has 4 heterocycles. The van der Waals surface area contributed by atoms with E-state index in [9.17, 15) is 14.7 Å². The number of carbonyl (C=O) groups excluding carboxylic acids is 1. The molecule has 1 fully saturated rings. The van der Waals surface area contributed by atoms with Crippen molar-refractivity contribution in [1.82, 2.24) is 9.97 Å². The van der Waals surface area contributed by atoms with Gasteiger partial charge in [0, 0.05) is 35.7 Å². The Labute approximate surface area is 195 Å². The highest BCUT2D eigenvalue weighted by atomic mass is 16.5. The van der Waals surface area contributed by atoms with E-state index in [2.05, 4.69) is 4.98 Å². The van der Waals surface area contributed by atoms with Crippen LogP contribution < -0.4 is 20.9 Å². The molecule has 0 spiro atoms. The number of nitrogens with one attached hydrogen (secondary N) is 1. The lowest BCUT2D eigenvalue weighted by Crippen LogP contribution is -2.38. The third-order valence-corrected chi connectivity index (χ3v) is 6.17. The van der Waals surface area contributed by atoms with Gasteiger partial charge in [0.2, 0.25) is 5.56 Å². The quantitative estimate of drug-likeness (QED) is 0.493. The van der Waals surface area contributed by atoms with E-state index in [1.165, 1.54) is 6.07 Å². The number of primary amides is 1. The van der Waals surface area contributed by atoms with Gasteiger partial charge in [0.05, 0.1) is 49.8 Å². The first-order chi connectivity index (χ1) is 16.5. The first-order valence-electron chi connectivity index (χ1n) is 11.2. The van der Waals surface area contributed by atoms with Gasteiger partial charge in [-0.1, -0.05) is 0 Å². The van der Waals surface area contributed by atoms with Gasteiger partial charge in [-0.05, 0) is 30.2 Å². The molecular weight excluding hydrogens is 440 g/mol. The van der Waals surface area contributed by atoms with Crippen molar-refractivity contribution in [1.29, 1.82) is 0 Å². The SMILES string of the molecule is Cc1cc(=O)[nH]c2c(OCCO)cc(-c3c4c(nc(N5CCOCC5)c3C(N)=O)COC4)cc12. The number of nitrogens with zero attached hydrogens (tertiary/aromatic N) is 2. The van der Waals surface area contributed by atoms with Crippen LogP contribution >= 0.6 is 0 Å². The van der Waals surface area contributed by atoms with Crippen LogP contribution in [0.1, 0.15) is 27.2 Å². The molecule has 0 atom stereocenters. The van der Waals surface area contributed by atoms with Crippen LogP contribution in [0.15, 0.2) is 23.0 Å². The van der Waals surface area contributed by atoms with E-state index in [-0.39, 0.29) is 18.8 Å². The summed E-state index contributed by atoms with van der Waals surface area (Å²) in [7, 11) is 0. The number of rotatable bonds is 6. The van der Waals surface area contributed by atoms with Crippen molar-refractivity contribution in [2.75, 3.05) is 44.4 Å². The first kappa shape index (κ1) is 22.3. The molecule has 34 heavy (non-hydrogen) atoms. The number of amides is 1. The number of aromatic amines is 1. The summed E-state index contributed by atoms with van der Waals surface area (Å²) in [6.07, 6.45) is 0. The number of pyridine rings is 2. The number of H-pyrrole nitrogens is 1. The topological polar surface area (TPSA) is 140 Å². The number of aliphatic hydroxyl groups excluding tert-OH is 1. The second kappa shape index (κ2) is 9.05. The van der Waals surface area contributed by atoms with Crippen LogP contribution in [0.2, 0.25) is 0 Å². The monoisotopic (exact) mass is 466 g/mol. The Balaban J connectivity index is 1.81. The molecule has 0 saturated carbocycles. The number of carbonyl (C=O) groups is 1. The maximum Gasteiger partial charge on any atom is 0.253 e. The molecule has 3 aromatic rings. The van der Waals surface area contributed by atoms with E-state index in [0.717, 1.165) is 22.2 Å². The fourth-order valence-corrected chi connectivity index (χ4v) is 4.64. The van der Waals surface area contributed by atoms with Crippen LogP contribution in [0.3, 0.4) is 0 Å². The number of morpholine rings is 1. The lowest BCUT2D eigenvalue weighted by molar-refractivity contribution is 0.0998. The van der Waals surface area contributed by atoms with Gasteiger partial charge >= 0.3 is 0 Å². The Morgan fingerprint density at radius 1 is 1.24 bits per heavy atom. The molecule has 2 aliphatic heterocycles. The summed E-state index contributed by atoms with van der Waals surface area (Å²) in [6, 6.07) is 5.18. The molecule has 1 amide bonds. The Morgan fingerprint density at radius 2 is 2.03 bits per heavy atom. The van der Waals surface area contributed by atoms with Gasteiger partial charge in [0.15, 0.2) is 0 Å². The zero-order valence-corrected chi connectivity index (χ0v) is 18.8. The highest BCUT2D eigenvalue weighted by molar-refractivity contribution is 6.06. The Morgan fingerprint density at radius 3 is 2.76 bits per heavy atom. The number of aliphatic hydroxyl groups is 1. The molecule has 0 bridgehead atoms. The summed E-state index contributed by atoms with van der Waals surface area (Å²) in [6.45, 7) is 4.59. The predicted molar refractivity (Wildman–Crippen MR) is 125 cm³/mol. The minimum Gasteiger partial charge on any atom is -0.489 e. The van der Waals surface area contributed by atoms with Gasteiger partial charge in [-0.3, -0.25) is 9.59 Å². The Hall–Kier alpha value is -3.47. The van der Waals surface area contributed by atoms with Gasteiger partial charge < -0.3 is 34.9 Å². The minimum atomic E-state index is -0.588. The van der Waals surface area contributed by atoms with E-state index in [4.69, 9.17) is 24.9 Å². The lowest BCUT2D eigenvalue weighted by Gasteiger charge is -2.30. The van der Waals surface area contributed by atoms with Crippen LogP contribution in [0.5, 0.6) is 5.75 Å². The van der Waals surface area contributed by atoms with Crippen LogP contribution in [-0.4, -0.2) is 60.5 Å². The largest absolute Gasteiger partial charge is 0.489 e. The fraction of sp³-hybridized carbons (Fsp3) is 0.375. The number of benzene rings is 1. The van der Waals surface area contributed by atoms with Gasteiger partial charge in [0.25, 0.3) is 5.91 Å². The molecule has 178 valence electrons. The first-order valence-corrected chi connectivity index (χ1v) is 11.2. The fourth-order valence-electron chi connectivity index (χ4n) is 4.64. The van der Waals surface area contributed by atoms with E-state index >= 15 is 0 Å². The number of anilines is 1. The molecule has 2 aliphatic rings. The zero-order valence-electron chi connectivity index (χ0n) is 18.8. The number of aromatic nitrogens is 2. The standard InChI is InChI=1S/C24H26N4O6/c1-13-8-19(30)27-22-15(13)9-14(10-18(22)34-7-4-29)20-16-11-33-12-17(16)26-24(21(20)23(25)31)28-2-5-32-6-3-28/h8-10,29H,2-7,11-12H2,1H3,(H2,25,31)(H,27,30). The number of nitrogens with two attached hydrogens (primary N) is 1. The smallest absolute Gasteiger partial charge is 0.253 e. The van der Waals surface area contributed by atoms with Crippen molar-refractivity contribution in [3.8, 4) is 16.9 Å². The molecule has 2 aromatic heterocycles. The third-order valence-electron chi connectivity index (χ3n) is 6.17. The number of fused-ring (bicyclic) bond motifs is 2. The molecular formula is C24H26N4O6. The average molecular weight is 466 g/mol. The predicted octanol–water partition coefficient (Wildman–Crippen LogP) is 1.24. The highest BCUT2D eigenvalue weighted by Gasteiger charge is 2.30. The van der Waals surface area contributed by atoms with Gasteiger partial charge in [-0.15, -0.1) is 0 Å². The van der Waals surface area contributed by atoms with Crippen LogP contribution in [0, 0.1) is 6.92 Å². The molecule has 5 rings (SSSR count). The van der Waals surface area contributed by atoms with E-state index in [1.54, 1.807) is 6.07 Å². The van der Waals surface area contributed by atoms with Crippen molar-refractivity contribution in [2.45, 2.75) is 20.1 Å². The van der Waals surface area contributed by atoms with Gasteiger partial charge in [-0.2, -0.15) is 0 Å². The molecule has 0 aliphatic carbocycles. The molecule has 0 unspecified atom stereocenters. The molecule has 10 heteroatoms. The molecule has 1 saturated heterocycles. The van der Waals surface area contributed by atoms with E-state index in [1.807, 2.05) is 17.9 Å². The second-order valence-corrected chi connectivity index (χ2v) is 8.35. The van der Waals surface area contributed by atoms with Crippen molar-refractivity contribution < 1.29 is 24.1 Å². The maximum absolute atomic E-state index is 12.9. The number of hydrogen-bond acceptors (Lipinski definition) is 8. The zero-order chi connectivity index (χ0) is 23.8. The molecule has 10 nitrogen and oxygen atoms in total. The number of hydrogen-bond donors (Lipinski definition) is 3. The van der Waals surface area contributed by atoms with Crippen molar-refractivity contribution in [3.05, 3.63) is 50.9 Å². The summed E-state index contributed by atoms with van der Waals surface area (Å²) >= 11 is 0. The highest BCUT2D eigenvalue weighted by Crippen LogP contribution is 2.41. The Kier molecular flexibility index (Phi) is 5.94. The number of ether oxygens (including phenoxy) is 3. The summed E-state index contributed by atoms with van der Waals surface area (Å²) in [5, 5.41) is 10.1. The summed E-state index contributed by atoms with van der Waals surface area (Å²) < 4.78 is 17.0. The van der Waals surface area contributed by atoms with Gasteiger partial charge in [-0.25, -0.2) is 4.98 Å². The van der Waals surface area contributed by atoms with Crippen molar-refractivity contribution >= 4 is 22.6 Å². The minimum absolute atomic E-state index is 0.0494. The second-order valence-electron chi connectivity index (χ2n) is 8.35. The lowest BCUT2D eigenvalue weighted by atomic mass is 9.92. The van der Waals surface area contributed by atoms with E-state index in [0.29, 0.717) is 73.3 Å². The van der Waals surface area contributed by atoms with Crippen molar-refractivity contribution in [3.63, 3.8) is 0 Å². The normalized spacial score (nSPS) is 15.5. The van der Waals surface area contributed by atoms with Crippen LogP contribution in [0.25, 0.3) is 22.0 Å². The third kappa shape index (κ3) is 3.89. The average Bonchev–Trinajstić information content (AvgIpc) is 3.30. The van der Waals surface area contributed by atoms with E-state index < -0.39 is 5.91 Å². The summed E-state index contributed by atoms with van der Waals surface area (Å²) in [4.78, 5) is 34.6. The van der Waals surface area contributed by atoms with Crippen molar-refractivity contribution in [2.24, 2.45) is 5.73 Å². The molecule has 4 N–H and O–H groups in total. The molecule has 1 aromatic carbocycles. The van der Waals surface area contributed by atoms with Crippen LogP contribution in [0.4, 0.5) is 5.82 Å². The Bertz CT molecular complexity index is 1330.